The lowest BCUT2D eigenvalue weighted by Gasteiger charge is -1.85. The Bertz CT molecular complexity index is 402. The van der Waals surface area contributed by atoms with Gasteiger partial charge in [0.2, 0.25) is 0 Å². The van der Waals surface area contributed by atoms with E-state index in [4.69, 9.17) is 0 Å². The van der Waals surface area contributed by atoms with Crippen LogP contribution in [0.4, 0.5) is 0 Å². The van der Waals surface area contributed by atoms with Crippen LogP contribution in [0.3, 0.4) is 0 Å². The number of rotatable bonds is 0. The Kier molecular flexibility index (Phi) is 1.68. The van der Waals surface area contributed by atoms with Gasteiger partial charge >= 0.3 is 0 Å². The molecule has 2 aromatic heterocycles. The summed E-state index contributed by atoms with van der Waals surface area (Å²) in [4.78, 5) is 6.82. The molecule has 0 spiro atoms. The van der Waals surface area contributed by atoms with E-state index in [-0.39, 0.29) is 0 Å². The number of hydrogen-bond donors (Lipinski definition) is 0. The van der Waals surface area contributed by atoms with E-state index < -0.39 is 0 Å². The Balaban J connectivity index is 2.88. The van der Waals surface area contributed by atoms with Crippen molar-refractivity contribution in [3.05, 3.63) is 20.5 Å². The predicted octanol–water partition coefficient (Wildman–Crippen LogP) is 2.62. The van der Waals surface area contributed by atoms with Gasteiger partial charge in [0.05, 0.1) is 5.69 Å². The van der Waals surface area contributed by atoms with Crippen molar-refractivity contribution < 1.29 is 0 Å². The first kappa shape index (κ1) is 7.54. The van der Waals surface area contributed by atoms with E-state index in [1.165, 1.54) is 8.58 Å². The van der Waals surface area contributed by atoms with Gasteiger partial charge in [-0.15, -0.1) is 11.3 Å². The van der Waals surface area contributed by atoms with E-state index in [0.29, 0.717) is 0 Å². The van der Waals surface area contributed by atoms with Crippen molar-refractivity contribution in [1.29, 1.82) is 0 Å². The topological polar surface area (TPSA) is 17.3 Å². The Labute approximate surface area is 82.4 Å². The van der Waals surface area contributed by atoms with Crippen molar-refractivity contribution >= 4 is 38.9 Å². The number of aromatic nitrogens is 2. The quantitative estimate of drug-likeness (QED) is 0.677. The molecule has 0 aliphatic rings. The summed E-state index contributed by atoms with van der Waals surface area (Å²) >= 11 is 4.05. The van der Waals surface area contributed by atoms with E-state index in [1.807, 2.05) is 6.92 Å². The summed E-state index contributed by atoms with van der Waals surface area (Å²) in [6.07, 6.45) is 2.13. The van der Waals surface area contributed by atoms with Gasteiger partial charge in [0.15, 0.2) is 4.96 Å². The molecule has 2 heterocycles. The normalized spacial score (nSPS) is 11.2. The summed E-state index contributed by atoms with van der Waals surface area (Å²) in [5.41, 5.74) is 1.12. The highest BCUT2D eigenvalue weighted by Gasteiger charge is 2.06. The number of thiazole rings is 1. The average molecular weight is 278 g/mol. The zero-order valence-corrected chi connectivity index (χ0v) is 9.23. The van der Waals surface area contributed by atoms with E-state index in [1.54, 1.807) is 11.3 Å². The van der Waals surface area contributed by atoms with Crippen molar-refractivity contribution in [1.82, 2.24) is 9.38 Å². The van der Waals surface area contributed by atoms with Crippen LogP contribution < -0.4 is 0 Å². The molecule has 0 fully saturated rings. The van der Waals surface area contributed by atoms with Crippen LogP contribution >= 0.6 is 33.9 Å². The van der Waals surface area contributed by atoms with Gasteiger partial charge in [-0.1, -0.05) is 0 Å². The molecule has 2 nitrogen and oxygen atoms in total. The number of imidazole rings is 1. The van der Waals surface area contributed by atoms with Crippen LogP contribution in [0.25, 0.3) is 4.96 Å². The lowest BCUT2D eigenvalue weighted by Crippen LogP contribution is -1.80. The van der Waals surface area contributed by atoms with Gasteiger partial charge in [0, 0.05) is 11.1 Å². The first-order valence-corrected chi connectivity index (χ1v) is 5.18. The molecule has 0 saturated carbocycles. The zero-order chi connectivity index (χ0) is 8.01. The van der Waals surface area contributed by atoms with Gasteiger partial charge in [0.25, 0.3) is 0 Å². The summed E-state index contributed by atoms with van der Waals surface area (Å²) in [6, 6.07) is 0. The lowest BCUT2D eigenvalue weighted by atomic mass is 10.6. The van der Waals surface area contributed by atoms with Crippen LogP contribution in [-0.4, -0.2) is 9.38 Å². The third kappa shape index (κ3) is 1.08. The molecule has 0 aliphatic carbocycles. The van der Waals surface area contributed by atoms with Crippen molar-refractivity contribution in [2.75, 3.05) is 0 Å². The molecule has 0 aliphatic heterocycles. The molecule has 0 saturated heterocycles. The molecule has 0 N–H and O–H groups in total. The number of nitrogens with zero attached hydrogens (tertiary/aromatic N) is 2. The smallest absolute Gasteiger partial charge is 0.194 e. The van der Waals surface area contributed by atoms with Gasteiger partial charge in [-0.3, -0.25) is 4.40 Å². The summed E-state index contributed by atoms with van der Waals surface area (Å²) in [6.45, 7) is 4.14. The van der Waals surface area contributed by atoms with Gasteiger partial charge in [-0.05, 0) is 36.4 Å². The van der Waals surface area contributed by atoms with Crippen molar-refractivity contribution in [3.63, 3.8) is 0 Å². The minimum absolute atomic E-state index is 1.10. The number of fused-ring (bicyclic) bond motifs is 1. The van der Waals surface area contributed by atoms with Crippen LogP contribution in [0.2, 0.25) is 0 Å². The first-order valence-electron chi connectivity index (χ1n) is 3.29. The number of halogens is 1. The fraction of sp³-hybridized carbons (Fsp3) is 0.286. The van der Waals surface area contributed by atoms with Crippen molar-refractivity contribution in [2.24, 2.45) is 0 Å². The Morgan fingerprint density at radius 2 is 2.27 bits per heavy atom. The predicted molar refractivity (Wildman–Crippen MR) is 55.3 cm³/mol. The number of hydrogen-bond acceptors (Lipinski definition) is 2. The van der Waals surface area contributed by atoms with Gasteiger partial charge in [0.1, 0.15) is 3.70 Å². The van der Waals surface area contributed by atoms with E-state index in [2.05, 4.69) is 45.1 Å². The number of aryl methyl sites for hydroxylation is 2. The molecule has 0 amide bonds. The van der Waals surface area contributed by atoms with Crippen LogP contribution in [0, 0.1) is 17.5 Å². The zero-order valence-electron chi connectivity index (χ0n) is 6.26. The van der Waals surface area contributed by atoms with Crippen LogP contribution in [-0.2, 0) is 0 Å². The van der Waals surface area contributed by atoms with Crippen molar-refractivity contribution in [3.8, 4) is 0 Å². The largest absolute Gasteiger partial charge is 0.285 e. The van der Waals surface area contributed by atoms with Gasteiger partial charge in [-0.2, -0.15) is 0 Å². The maximum absolute atomic E-state index is 4.41. The summed E-state index contributed by atoms with van der Waals surface area (Å²) in [7, 11) is 0. The Morgan fingerprint density at radius 1 is 1.55 bits per heavy atom. The average Bonchev–Trinajstić information content (AvgIpc) is 2.37. The van der Waals surface area contributed by atoms with Crippen LogP contribution in [0.1, 0.15) is 10.6 Å². The molecule has 2 aromatic rings. The third-order valence-corrected chi connectivity index (χ3v) is 3.74. The standard InChI is InChI=1S/C7H7IN2S/c1-4-3-10-6(8)5(2)9-7(10)11-4/h3H,1-2H3. The molecule has 0 atom stereocenters. The highest BCUT2D eigenvalue weighted by Crippen LogP contribution is 2.21. The molecule has 2 rings (SSSR count). The molecular weight excluding hydrogens is 271 g/mol. The maximum Gasteiger partial charge on any atom is 0.194 e. The maximum atomic E-state index is 4.41. The Hall–Kier alpha value is -0.100. The molecule has 0 unspecified atom stereocenters. The molecule has 0 radical (unpaired) electrons. The Morgan fingerprint density at radius 3 is 2.91 bits per heavy atom. The molecule has 4 heteroatoms. The second-order valence-electron chi connectivity index (χ2n) is 2.48. The molecule has 58 valence electrons. The lowest BCUT2D eigenvalue weighted by molar-refractivity contribution is 1.16. The van der Waals surface area contributed by atoms with E-state index in [0.717, 1.165) is 10.7 Å². The first-order chi connectivity index (χ1) is 5.18. The minimum atomic E-state index is 1.10. The van der Waals surface area contributed by atoms with Gasteiger partial charge in [-0.25, -0.2) is 4.98 Å². The molecule has 0 aromatic carbocycles. The highest BCUT2D eigenvalue weighted by molar-refractivity contribution is 14.1. The summed E-state index contributed by atoms with van der Waals surface area (Å²) < 4.78 is 3.36. The second kappa shape index (κ2) is 2.45. The van der Waals surface area contributed by atoms with E-state index >= 15 is 0 Å². The third-order valence-electron chi connectivity index (χ3n) is 1.54. The fourth-order valence-corrected chi connectivity index (χ4v) is 2.56. The van der Waals surface area contributed by atoms with E-state index in [9.17, 15) is 0 Å². The summed E-state index contributed by atoms with van der Waals surface area (Å²) in [5, 5.41) is 0. The monoisotopic (exact) mass is 278 g/mol. The highest BCUT2D eigenvalue weighted by atomic mass is 127. The molecular formula is C7H7IN2S. The van der Waals surface area contributed by atoms with Crippen LogP contribution in [0.5, 0.6) is 0 Å². The van der Waals surface area contributed by atoms with Gasteiger partial charge < -0.3 is 0 Å². The minimum Gasteiger partial charge on any atom is -0.285 e. The molecule has 0 bridgehead atoms. The molecule has 11 heavy (non-hydrogen) atoms. The van der Waals surface area contributed by atoms with Crippen molar-refractivity contribution in [2.45, 2.75) is 13.8 Å². The SMILES string of the molecule is Cc1cn2c(I)c(C)nc2s1. The summed E-state index contributed by atoms with van der Waals surface area (Å²) in [5.74, 6) is 0. The van der Waals surface area contributed by atoms with Crippen LogP contribution in [0.15, 0.2) is 6.20 Å². The fourth-order valence-electron chi connectivity index (χ4n) is 1.04. The second-order valence-corrected chi connectivity index (χ2v) is 4.72.